The number of fused-ring (bicyclic) bond motifs is 5. The first-order chi connectivity index (χ1) is 9.20. The largest absolute Gasteiger partial charge is 0.394 e. The molecule has 4 N–H and O–H groups in total. The summed E-state index contributed by atoms with van der Waals surface area (Å²) in [6, 6.07) is 0. The third-order valence-corrected chi connectivity index (χ3v) is 4.74. The lowest BCUT2D eigenvalue weighted by molar-refractivity contribution is -0.0448. The van der Waals surface area contributed by atoms with Crippen molar-refractivity contribution in [1.82, 2.24) is 19.5 Å². The number of aromatic nitrogens is 4. The second kappa shape index (κ2) is 3.79. The molecule has 0 aromatic carbocycles. The van der Waals surface area contributed by atoms with Gasteiger partial charge in [-0.15, -0.1) is 0 Å². The molecule has 100 valence electrons. The van der Waals surface area contributed by atoms with Gasteiger partial charge in [0.15, 0.2) is 28.4 Å². The van der Waals surface area contributed by atoms with Crippen molar-refractivity contribution in [2.75, 3.05) is 12.3 Å². The van der Waals surface area contributed by atoms with Crippen molar-refractivity contribution >= 4 is 28.7 Å². The SMILES string of the molecule is Nc1ncnc2c1nc1n2[C@@H]2O[C@H](CO)[C@@H](O)[C@@H]2S1. The summed E-state index contributed by atoms with van der Waals surface area (Å²) in [6.07, 6.45) is -0.311. The van der Waals surface area contributed by atoms with Crippen LogP contribution in [0, 0.1) is 0 Å². The average Bonchev–Trinajstić information content (AvgIpc) is 3.00. The number of nitrogen functional groups attached to an aromatic ring is 1. The first-order valence-electron chi connectivity index (χ1n) is 5.80. The van der Waals surface area contributed by atoms with E-state index in [0.717, 1.165) is 0 Å². The maximum absolute atomic E-state index is 10.1. The zero-order valence-corrected chi connectivity index (χ0v) is 10.5. The van der Waals surface area contributed by atoms with Gasteiger partial charge in [0, 0.05) is 0 Å². The van der Waals surface area contributed by atoms with E-state index in [0.29, 0.717) is 22.1 Å². The molecule has 0 spiro atoms. The van der Waals surface area contributed by atoms with Crippen LogP contribution in [0.2, 0.25) is 0 Å². The minimum Gasteiger partial charge on any atom is -0.394 e. The van der Waals surface area contributed by atoms with Crippen LogP contribution in [0.25, 0.3) is 11.2 Å². The van der Waals surface area contributed by atoms with Gasteiger partial charge in [0.05, 0.1) is 18.0 Å². The normalized spacial score (nSPS) is 32.7. The summed E-state index contributed by atoms with van der Waals surface area (Å²) in [4.78, 5) is 12.5. The Labute approximate surface area is 111 Å². The van der Waals surface area contributed by atoms with Gasteiger partial charge in [-0.2, -0.15) is 0 Å². The lowest BCUT2D eigenvalue weighted by atomic mass is 10.2. The Morgan fingerprint density at radius 3 is 3.11 bits per heavy atom. The number of aliphatic hydroxyl groups excluding tert-OH is 2. The molecule has 0 saturated carbocycles. The highest BCUT2D eigenvalue weighted by Crippen LogP contribution is 2.49. The molecular weight excluding hydrogens is 270 g/mol. The number of rotatable bonds is 1. The molecular formula is C10H11N5O3S. The smallest absolute Gasteiger partial charge is 0.173 e. The van der Waals surface area contributed by atoms with E-state index >= 15 is 0 Å². The molecule has 9 heteroatoms. The summed E-state index contributed by atoms with van der Waals surface area (Å²) in [5, 5.41) is 19.8. The molecule has 8 nitrogen and oxygen atoms in total. The third kappa shape index (κ3) is 1.38. The summed E-state index contributed by atoms with van der Waals surface area (Å²) < 4.78 is 7.49. The van der Waals surface area contributed by atoms with Crippen LogP contribution in [-0.2, 0) is 4.74 Å². The highest BCUT2D eigenvalue weighted by Gasteiger charge is 2.50. The molecule has 1 fully saturated rings. The number of hydrogen-bond acceptors (Lipinski definition) is 8. The first-order valence-corrected chi connectivity index (χ1v) is 6.68. The Morgan fingerprint density at radius 2 is 2.32 bits per heavy atom. The van der Waals surface area contributed by atoms with E-state index in [2.05, 4.69) is 15.0 Å². The van der Waals surface area contributed by atoms with Crippen molar-refractivity contribution in [3.63, 3.8) is 0 Å². The summed E-state index contributed by atoms with van der Waals surface area (Å²) in [5.41, 5.74) is 6.90. The van der Waals surface area contributed by atoms with Crippen LogP contribution in [0.15, 0.2) is 11.5 Å². The summed E-state index contributed by atoms with van der Waals surface area (Å²) in [7, 11) is 0. The highest BCUT2D eigenvalue weighted by atomic mass is 32.2. The molecule has 0 aliphatic carbocycles. The van der Waals surface area contributed by atoms with Gasteiger partial charge in [0.1, 0.15) is 12.4 Å². The van der Waals surface area contributed by atoms with Crippen LogP contribution in [0.1, 0.15) is 6.23 Å². The van der Waals surface area contributed by atoms with Crippen molar-refractivity contribution < 1.29 is 14.9 Å². The Hall–Kier alpha value is -1.42. The number of imidazole rings is 1. The van der Waals surface area contributed by atoms with E-state index in [-0.39, 0.29) is 18.1 Å². The molecule has 19 heavy (non-hydrogen) atoms. The lowest BCUT2D eigenvalue weighted by Gasteiger charge is -2.12. The fourth-order valence-electron chi connectivity index (χ4n) is 2.54. The van der Waals surface area contributed by atoms with Gasteiger partial charge >= 0.3 is 0 Å². The molecule has 2 aliphatic rings. The minimum atomic E-state index is -0.726. The van der Waals surface area contributed by atoms with Crippen LogP contribution in [0.5, 0.6) is 0 Å². The monoisotopic (exact) mass is 281 g/mol. The number of anilines is 1. The molecule has 2 aliphatic heterocycles. The molecule has 0 radical (unpaired) electrons. The van der Waals surface area contributed by atoms with Crippen LogP contribution >= 0.6 is 11.8 Å². The van der Waals surface area contributed by atoms with Crippen LogP contribution in [0.3, 0.4) is 0 Å². The molecule has 0 unspecified atom stereocenters. The van der Waals surface area contributed by atoms with Gasteiger partial charge in [0.25, 0.3) is 0 Å². The molecule has 4 rings (SSSR count). The van der Waals surface area contributed by atoms with Crippen molar-refractivity contribution in [2.45, 2.75) is 28.8 Å². The summed E-state index contributed by atoms with van der Waals surface area (Å²) in [5.74, 6) is 0.321. The number of aliphatic hydroxyl groups is 2. The van der Waals surface area contributed by atoms with Gasteiger partial charge < -0.3 is 20.7 Å². The second-order valence-electron chi connectivity index (χ2n) is 4.52. The van der Waals surface area contributed by atoms with Gasteiger partial charge in [-0.25, -0.2) is 15.0 Å². The predicted molar refractivity (Wildman–Crippen MR) is 66.4 cm³/mol. The molecule has 4 heterocycles. The van der Waals surface area contributed by atoms with E-state index in [4.69, 9.17) is 10.5 Å². The van der Waals surface area contributed by atoms with Crippen LogP contribution in [-0.4, -0.2) is 53.8 Å². The van der Waals surface area contributed by atoms with Gasteiger partial charge in [-0.1, -0.05) is 11.8 Å². The average molecular weight is 281 g/mol. The second-order valence-corrected chi connectivity index (χ2v) is 5.66. The Morgan fingerprint density at radius 1 is 1.47 bits per heavy atom. The topological polar surface area (TPSA) is 119 Å². The van der Waals surface area contributed by atoms with Crippen molar-refractivity contribution in [3.05, 3.63) is 6.33 Å². The van der Waals surface area contributed by atoms with E-state index in [9.17, 15) is 10.2 Å². The van der Waals surface area contributed by atoms with Crippen molar-refractivity contribution in [1.29, 1.82) is 0 Å². The van der Waals surface area contributed by atoms with Crippen LogP contribution in [0.4, 0.5) is 5.82 Å². The maximum Gasteiger partial charge on any atom is 0.173 e. The standard InChI is InChI=1S/C10H11N5O3S/c11-7-4-8(13-2-12-7)15-9-6(19-10(15)14-4)5(17)3(1-16)18-9/h2-3,5-6,9,16-17H,1H2,(H2,11,12,13)/t3-,5-,6+,9-/m1/s1. The van der Waals surface area contributed by atoms with E-state index < -0.39 is 12.2 Å². The van der Waals surface area contributed by atoms with Gasteiger partial charge in [-0.05, 0) is 0 Å². The fraction of sp³-hybridized carbons (Fsp3) is 0.500. The van der Waals surface area contributed by atoms with E-state index in [1.807, 2.05) is 4.57 Å². The van der Waals surface area contributed by atoms with E-state index in [1.54, 1.807) is 0 Å². The minimum absolute atomic E-state index is 0.180. The number of nitrogens with two attached hydrogens (primary N) is 1. The lowest BCUT2D eigenvalue weighted by Crippen LogP contribution is -2.30. The van der Waals surface area contributed by atoms with Crippen LogP contribution < -0.4 is 5.73 Å². The van der Waals surface area contributed by atoms with Gasteiger partial charge in [-0.3, -0.25) is 4.57 Å². The fourth-order valence-corrected chi connectivity index (χ4v) is 3.85. The summed E-state index contributed by atoms with van der Waals surface area (Å²) >= 11 is 1.41. The molecule has 1 saturated heterocycles. The number of nitrogens with zero attached hydrogens (tertiary/aromatic N) is 4. The molecule has 0 amide bonds. The van der Waals surface area contributed by atoms with Crippen molar-refractivity contribution in [2.24, 2.45) is 0 Å². The number of hydrogen-bond donors (Lipinski definition) is 3. The maximum atomic E-state index is 10.1. The summed E-state index contributed by atoms with van der Waals surface area (Å²) in [6.45, 7) is -0.214. The zero-order valence-electron chi connectivity index (χ0n) is 9.67. The van der Waals surface area contributed by atoms with E-state index in [1.165, 1.54) is 18.1 Å². The number of thioether (sulfide) groups is 1. The Kier molecular flexibility index (Phi) is 2.28. The third-order valence-electron chi connectivity index (χ3n) is 3.46. The predicted octanol–water partition coefficient (Wildman–Crippen LogP) is -0.867. The van der Waals surface area contributed by atoms with Gasteiger partial charge in [0.2, 0.25) is 0 Å². The van der Waals surface area contributed by atoms with Crippen molar-refractivity contribution in [3.8, 4) is 0 Å². The molecule has 2 aromatic rings. The Balaban J connectivity index is 1.86. The quantitative estimate of drug-likeness (QED) is 0.617. The number of ether oxygens (including phenoxy) is 1. The first kappa shape index (κ1) is 11.4. The molecule has 0 bridgehead atoms. The highest BCUT2D eigenvalue weighted by molar-refractivity contribution is 8.00. The zero-order chi connectivity index (χ0) is 13.1. The molecule has 4 atom stereocenters. The Bertz CT molecular complexity index is 662. The molecule has 2 aromatic heterocycles.